The zero-order valence-corrected chi connectivity index (χ0v) is 11.7. The van der Waals surface area contributed by atoms with E-state index in [1.54, 1.807) is 17.1 Å². The van der Waals surface area contributed by atoms with Crippen LogP contribution in [0, 0.1) is 0 Å². The number of rotatable bonds is 5. The lowest BCUT2D eigenvalue weighted by Crippen LogP contribution is -2.53. The highest BCUT2D eigenvalue weighted by molar-refractivity contribution is 6.35. The van der Waals surface area contributed by atoms with Gasteiger partial charge >= 0.3 is 11.8 Å². The number of piperazine rings is 1. The molecule has 0 atom stereocenters. The molecule has 0 aromatic rings. The first-order chi connectivity index (χ1) is 9.13. The topological polar surface area (TPSA) is 43.9 Å². The molecule has 106 valence electrons. The molecule has 0 aromatic carbocycles. The molecule has 0 spiro atoms. The van der Waals surface area contributed by atoms with Crippen molar-refractivity contribution in [2.75, 3.05) is 45.8 Å². The van der Waals surface area contributed by atoms with E-state index in [1.165, 1.54) is 4.90 Å². The lowest BCUT2D eigenvalue weighted by atomic mass is 10.3. The van der Waals surface area contributed by atoms with Crippen LogP contribution in [0.5, 0.6) is 0 Å². The van der Waals surface area contributed by atoms with E-state index in [-0.39, 0.29) is 0 Å². The van der Waals surface area contributed by atoms with Gasteiger partial charge in [0.15, 0.2) is 0 Å². The number of amides is 2. The summed E-state index contributed by atoms with van der Waals surface area (Å²) in [6.45, 7) is 13.9. The largest absolute Gasteiger partial charge is 0.332 e. The van der Waals surface area contributed by atoms with Gasteiger partial charge < -0.3 is 14.7 Å². The molecule has 1 aliphatic rings. The molecule has 0 radical (unpaired) electrons. The van der Waals surface area contributed by atoms with Gasteiger partial charge in [0.25, 0.3) is 0 Å². The molecule has 0 saturated carbocycles. The highest BCUT2D eigenvalue weighted by Gasteiger charge is 2.28. The van der Waals surface area contributed by atoms with Crippen molar-refractivity contribution in [2.45, 2.75) is 6.92 Å². The van der Waals surface area contributed by atoms with Crippen molar-refractivity contribution >= 4 is 11.8 Å². The summed E-state index contributed by atoms with van der Waals surface area (Å²) in [7, 11) is 0. The first-order valence-corrected chi connectivity index (χ1v) is 6.66. The Morgan fingerprint density at radius 2 is 1.63 bits per heavy atom. The molecule has 0 bridgehead atoms. The predicted octanol–water partition coefficient (Wildman–Crippen LogP) is 0.351. The van der Waals surface area contributed by atoms with Gasteiger partial charge in [-0.2, -0.15) is 0 Å². The molecule has 1 saturated heterocycles. The molecule has 0 aliphatic carbocycles. The van der Waals surface area contributed by atoms with Crippen LogP contribution < -0.4 is 0 Å². The number of nitrogens with zero attached hydrogens (tertiary/aromatic N) is 3. The van der Waals surface area contributed by atoms with Crippen LogP contribution in [0.4, 0.5) is 0 Å². The minimum absolute atomic E-state index is 0.367. The summed E-state index contributed by atoms with van der Waals surface area (Å²) in [5.74, 6) is -0.885. The first-order valence-electron chi connectivity index (χ1n) is 6.66. The van der Waals surface area contributed by atoms with E-state index in [9.17, 15) is 9.59 Å². The molecule has 1 heterocycles. The zero-order valence-electron chi connectivity index (χ0n) is 11.7. The Kier molecular flexibility index (Phi) is 6.29. The monoisotopic (exact) mass is 265 g/mol. The molecular formula is C14H23N3O2. The number of carbonyl (C=O) groups is 2. The van der Waals surface area contributed by atoms with Crippen molar-refractivity contribution < 1.29 is 9.59 Å². The van der Waals surface area contributed by atoms with Crippen LogP contribution in [-0.2, 0) is 9.59 Å². The minimum Gasteiger partial charge on any atom is -0.332 e. The van der Waals surface area contributed by atoms with Gasteiger partial charge in [-0.05, 0) is 6.54 Å². The van der Waals surface area contributed by atoms with Gasteiger partial charge in [-0.1, -0.05) is 19.1 Å². The van der Waals surface area contributed by atoms with Crippen molar-refractivity contribution in [2.24, 2.45) is 0 Å². The second-order valence-corrected chi connectivity index (χ2v) is 4.51. The lowest BCUT2D eigenvalue weighted by molar-refractivity contribution is -0.152. The van der Waals surface area contributed by atoms with Crippen molar-refractivity contribution in [3.8, 4) is 0 Å². The Morgan fingerprint density at radius 3 is 2.05 bits per heavy atom. The van der Waals surface area contributed by atoms with Gasteiger partial charge in [0, 0.05) is 39.3 Å². The van der Waals surface area contributed by atoms with Gasteiger partial charge in [0.1, 0.15) is 0 Å². The maximum atomic E-state index is 12.1. The average molecular weight is 265 g/mol. The highest BCUT2D eigenvalue weighted by Crippen LogP contribution is 2.04. The normalized spacial score (nSPS) is 15.9. The molecule has 0 aromatic heterocycles. The van der Waals surface area contributed by atoms with E-state index in [2.05, 4.69) is 25.0 Å². The van der Waals surface area contributed by atoms with Crippen LogP contribution in [0.2, 0.25) is 0 Å². The smallest absolute Gasteiger partial charge is 0.312 e. The Bertz CT molecular complexity index is 337. The standard InChI is InChI=1S/C14H23N3O2/c1-4-7-16(8-5-2)13(18)14(19)17-11-9-15(6-3)10-12-17/h4-5H,1-2,6-12H2,3H3. The molecule has 5 nitrogen and oxygen atoms in total. The van der Waals surface area contributed by atoms with Crippen LogP contribution in [0.15, 0.2) is 25.3 Å². The minimum atomic E-state index is -0.468. The van der Waals surface area contributed by atoms with Crippen LogP contribution in [0.25, 0.3) is 0 Å². The summed E-state index contributed by atoms with van der Waals surface area (Å²) >= 11 is 0. The second kappa shape index (κ2) is 7.74. The van der Waals surface area contributed by atoms with Crippen molar-refractivity contribution in [1.29, 1.82) is 0 Å². The van der Waals surface area contributed by atoms with Crippen LogP contribution >= 0.6 is 0 Å². The third-order valence-corrected chi connectivity index (χ3v) is 3.28. The number of hydrogen-bond donors (Lipinski definition) is 0. The molecule has 1 aliphatic heterocycles. The van der Waals surface area contributed by atoms with Crippen LogP contribution in [0.3, 0.4) is 0 Å². The summed E-state index contributed by atoms with van der Waals surface area (Å²) in [4.78, 5) is 29.6. The summed E-state index contributed by atoms with van der Waals surface area (Å²) in [5, 5.41) is 0. The fourth-order valence-electron chi connectivity index (χ4n) is 2.09. The van der Waals surface area contributed by atoms with Gasteiger partial charge in [-0.15, -0.1) is 13.2 Å². The SMILES string of the molecule is C=CCN(CC=C)C(=O)C(=O)N1CCN(CC)CC1. The number of hydrogen-bond acceptors (Lipinski definition) is 3. The zero-order chi connectivity index (χ0) is 14.3. The van der Waals surface area contributed by atoms with E-state index in [4.69, 9.17) is 0 Å². The van der Waals surface area contributed by atoms with Crippen molar-refractivity contribution in [3.63, 3.8) is 0 Å². The Hall–Kier alpha value is -1.62. The molecular weight excluding hydrogens is 242 g/mol. The van der Waals surface area contributed by atoms with E-state index in [0.29, 0.717) is 26.2 Å². The summed E-state index contributed by atoms with van der Waals surface area (Å²) in [5.41, 5.74) is 0. The fourth-order valence-corrected chi connectivity index (χ4v) is 2.09. The van der Waals surface area contributed by atoms with E-state index >= 15 is 0 Å². The number of carbonyl (C=O) groups excluding carboxylic acids is 2. The molecule has 5 heteroatoms. The average Bonchev–Trinajstić information content (AvgIpc) is 2.45. The second-order valence-electron chi connectivity index (χ2n) is 4.51. The number of likely N-dealkylation sites (N-methyl/N-ethyl adjacent to an activating group) is 1. The maximum absolute atomic E-state index is 12.1. The Balaban J connectivity index is 2.58. The van der Waals surface area contributed by atoms with Crippen molar-refractivity contribution in [1.82, 2.24) is 14.7 Å². The third-order valence-electron chi connectivity index (χ3n) is 3.28. The van der Waals surface area contributed by atoms with Crippen LogP contribution in [0.1, 0.15) is 6.92 Å². The molecule has 0 unspecified atom stereocenters. The summed E-state index contributed by atoms with van der Waals surface area (Å²) < 4.78 is 0. The first kappa shape index (κ1) is 15.4. The lowest BCUT2D eigenvalue weighted by Gasteiger charge is -2.34. The third kappa shape index (κ3) is 4.21. The van der Waals surface area contributed by atoms with E-state index in [0.717, 1.165) is 19.6 Å². The molecule has 1 fully saturated rings. The molecule has 2 amide bonds. The van der Waals surface area contributed by atoms with Crippen molar-refractivity contribution in [3.05, 3.63) is 25.3 Å². The predicted molar refractivity (Wildman–Crippen MR) is 75.7 cm³/mol. The van der Waals surface area contributed by atoms with Gasteiger partial charge in [-0.3, -0.25) is 9.59 Å². The maximum Gasteiger partial charge on any atom is 0.312 e. The van der Waals surface area contributed by atoms with Gasteiger partial charge in [0.05, 0.1) is 0 Å². The van der Waals surface area contributed by atoms with Crippen LogP contribution in [-0.4, -0.2) is 72.3 Å². The molecule has 0 N–H and O–H groups in total. The van der Waals surface area contributed by atoms with Gasteiger partial charge in [0.2, 0.25) is 0 Å². The molecule has 19 heavy (non-hydrogen) atoms. The summed E-state index contributed by atoms with van der Waals surface area (Å²) in [6.07, 6.45) is 3.23. The summed E-state index contributed by atoms with van der Waals surface area (Å²) in [6, 6.07) is 0. The van der Waals surface area contributed by atoms with Gasteiger partial charge in [-0.25, -0.2) is 0 Å². The fraction of sp³-hybridized carbons (Fsp3) is 0.571. The quantitative estimate of drug-likeness (QED) is 0.532. The van der Waals surface area contributed by atoms with E-state index in [1.807, 2.05) is 0 Å². The van der Waals surface area contributed by atoms with E-state index < -0.39 is 11.8 Å². The Labute approximate surface area is 115 Å². The molecule has 1 rings (SSSR count). The highest BCUT2D eigenvalue weighted by atomic mass is 16.2. The Morgan fingerprint density at radius 1 is 1.11 bits per heavy atom.